The third kappa shape index (κ3) is 3.83. The van der Waals surface area contributed by atoms with Crippen molar-refractivity contribution in [2.45, 2.75) is 18.1 Å². The van der Waals surface area contributed by atoms with Gasteiger partial charge in [-0.3, -0.25) is 4.98 Å². The highest BCUT2D eigenvalue weighted by atomic mass is 32.2. The minimum Gasteiger partial charge on any atom is -0.392 e. The van der Waals surface area contributed by atoms with Crippen LogP contribution in [0.25, 0.3) is 0 Å². The Labute approximate surface area is 117 Å². The summed E-state index contributed by atoms with van der Waals surface area (Å²) in [6.45, 7) is 0.0865. The van der Waals surface area contributed by atoms with Gasteiger partial charge in [-0.2, -0.15) is 0 Å². The highest BCUT2D eigenvalue weighted by molar-refractivity contribution is 7.89. The third-order valence-electron chi connectivity index (χ3n) is 2.65. The Bertz CT molecular complexity index is 642. The predicted octanol–water partition coefficient (Wildman–Crippen LogP) is 0.490. The van der Waals surface area contributed by atoms with Gasteiger partial charge in [-0.25, -0.2) is 18.1 Å². The first-order valence-electron chi connectivity index (χ1n) is 6.07. The minimum absolute atomic E-state index is 0.0595. The van der Waals surface area contributed by atoms with Crippen molar-refractivity contribution in [3.8, 4) is 0 Å². The van der Waals surface area contributed by atoms with E-state index in [4.69, 9.17) is 5.11 Å². The summed E-state index contributed by atoms with van der Waals surface area (Å²) in [5.41, 5.74) is 1.39. The van der Waals surface area contributed by atoms with Crippen molar-refractivity contribution >= 4 is 10.0 Å². The van der Waals surface area contributed by atoms with Gasteiger partial charge in [0.05, 0.1) is 6.61 Å². The van der Waals surface area contributed by atoms with E-state index in [0.29, 0.717) is 12.0 Å². The van der Waals surface area contributed by atoms with Gasteiger partial charge in [0, 0.05) is 31.1 Å². The molecule has 0 bridgehead atoms. The number of aliphatic hydroxyl groups excluding tert-OH is 1. The lowest BCUT2D eigenvalue weighted by Crippen LogP contribution is -2.27. The molecule has 2 aromatic heterocycles. The van der Waals surface area contributed by atoms with Crippen LogP contribution in [0.1, 0.15) is 11.3 Å². The fourth-order valence-electron chi connectivity index (χ4n) is 1.60. The largest absolute Gasteiger partial charge is 0.392 e. The second-order valence-electron chi connectivity index (χ2n) is 4.13. The van der Waals surface area contributed by atoms with Gasteiger partial charge in [-0.15, -0.1) is 0 Å². The average molecular weight is 293 g/mol. The van der Waals surface area contributed by atoms with E-state index < -0.39 is 10.0 Å². The Morgan fingerprint density at radius 2 is 2.00 bits per heavy atom. The van der Waals surface area contributed by atoms with Gasteiger partial charge in [0.15, 0.2) is 5.03 Å². The summed E-state index contributed by atoms with van der Waals surface area (Å²) in [7, 11) is -3.63. The van der Waals surface area contributed by atoms with Crippen molar-refractivity contribution in [2.75, 3.05) is 6.54 Å². The molecule has 0 aliphatic carbocycles. The monoisotopic (exact) mass is 293 g/mol. The van der Waals surface area contributed by atoms with E-state index in [0.717, 1.165) is 5.69 Å². The maximum absolute atomic E-state index is 12.0. The molecule has 0 radical (unpaired) electrons. The Kier molecular flexibility index (Phi) is 4.78. The lowest BCUT2D eigenvalue weighted by atomic mass is 10.3. The van der Waals surface area contributed by atoms with Crippen LogP contribution < -0.4 is 4.72 Å². The van der Waals surface area contributed by atoms with Crippen LogP contribution in [0, 0.1) is 0 Å². The zero-order valence-electron chi connectivity index (χ0n) is 10.7. The number of pyridine rings is 2. The molecule has 0 aromatic carbocycles. The summed E-state index contributed by atoms with van der Waals surface area (Å²) in [6, 6.07) is 8.39. The highest BCUT2D eigenvalue weighted by Crippen LogP contribution is 2.06. The molecule has 2 aromatic rings. The zero-order chi connectivity index (χ0) is 14.4. The number of hydrogen-bond donors (Lipinski definition) is 2. The number of nitrogens with one attached hydrogen (secondary N) is 1. The van der Waals surface area contributed by atoms with Crippen LogP contribution in [-0.4, -0.2) is 30.0 Å². The van der Waals surface area contributed by atoms with E-state index in [1.54, 1.807) is 12.3 Å². The topological polar surface area (TPSA) is 92.2 Å². The molecule has 0 amide bonds. The van der Waals surface area contributed by atoms with E-state index in [9.17, 15) is 8.42 Å². The minimum atomic E-state index is -3.63. The van der Waals surface area contributed by atoms with Crippen LogP contribution in [0.2, 0.25) is 0 Å². The van der Waals surface area contributed by atoms with Crippen LogP contribution in [-0.2, 0) is 23.1 Å². The Hall–Kier alpha value is -1.83. The predicted molar refractivity (Wildman–Crippen MR) is 73.3 cm³/mol. The number of nitrogens with zero attached hydrogens (tertiary/aromatic N) is 2. The van der Waals surface area contributed by atoms with Crippen molar-refractivity contribution in [1.29, 1.82) is 0 Å². The van der Waals surface area contributed by atoms with E-state index >= 15 is 0 Å². The first-order valence-corrected chi connectivity index (χ1v) is 7.55. The second-order valence-corrected chi connectivity index (χ2v) is 5.85. The van der Waals surface area contributed by atoms with Crippen LogP contribution in [0.5, 0.6) is 0 Å². The molecule has 0 aliphatic rings. The molecular weight excluding hydrogens is 278 g/mol. The Morgan fingerprint density at radius 1 is 1.15 bits per heavy atom. The number of aliphatic hydroxyl groups is 1. The molecule has 2 N–H and O–H groups in total. The summed E-state index contributed by atoms with van der Waals surface area (Å²) >= 11 is 0. The maximum Gasteiger partial charge on any atom is 0.258 e. The maximum atomic E-state index is 12.0. The SMILES string of the molecule is O=S(=O)(NCCc1ccccn1)c1ccc(CO)cn1. The lowest BCUT2D eigenvalue weighted by Gasteiger charge is -2.06. The van der Waals surface area contributed by atoms with Crippen LogP contribution in [0.15, 0.2) is 47.8 Å². The third-order valence-corrected chi connectivity index (χ3v) is 4.03. The molecule has 2 heterocycles. The lowest BCUT2D eigenvalue weighted by molar-refractivity contribution is 0.281. The number of hydrogen-bond acceptors (Lipinski definition) is 5. The van der Waals surface area contributed by atoms with Crippen LogP contribution in [0.4, 0.5) is 0 Å². The van der Waals surface area contributed by atoms with Gasteiger partial charge in [-0.1, -0.05) is 12.1 Å². The van der Waals surface area contributed by atoms with Crippen molar-refractivity contribution in [2.24, 2.45) is 0 Å². The second kappa shape index (κ2) is 6.56. The van der Waals surface area contributed by atoms with Gasteiger partial charge in [0.2, 0.25) is 0 Å². The van der Waals surface area contributed by atoms with Crippen LogP contribution in [0.3, 0.4) is 0 Å². The fraction of sp³-hybridized carbons (Fsp3) is 0.231. The fourth-order valence-corrected chi connectivity index (χ4v) is 2.55. The molecule has 2 rings (SSSR count). The van der Waals surface area contributed by atoms with E-state index in [-0.39, 0.29) is 18.2 Å². The molecule has 106 valence electrons. The zero-order valence-corrected chi connectivity index (χ0v) is 11.5. The van der Waals surface area contributed by atoms with Gasteiger partial charge in [-0.05, 0) is 23.8 Å². The van der Waals surface area contributed by atoms with E-state index in [1.807, 2.05) is 12.1 Å². The standard InChI is InChI=1S/C13H15N3O3S/c17-10-11-4-5-13(15-9-11)20(18,19)16-8-6-12-3-1-2-7-14-12/h1-5,7,9,16-17H,6,8,10H2. The summed E-state index contributed by atoms with van der Waals surface area (Å²) in [5, 5.41) is 8.83. The van der Waals surface area contributed by atoms with Gasteiger partial charge in [0.1, 0.15) is 0 Å². The van der Waals surface area contributed by atoms with E-state index in [2.05, 4.69) is 14.7 Å². The summed E-state index contributed by atoms with van der Waals surface area (Å²) < 4.78 is 26.4. The Balaban J connectivity index is 1.96. The molecule has 0 saturated heterocycles. The molecule has 6 nitrogen and oxygen atoms in total. The summed E-state index contributed by atoms with van der Waals surface area (Å²) in [6.07, 6.45) is 3.51. The average Bonchev–Trinajstić information content (AvgIpc) is 2.48. The molecule has 0 spiro atoms. The number of sulfonamides is 1. The quantitative estimate of drug-likeness (QED) is 0.808. The first-order chi connectivity index (χ1) is 9.62. The van der Waals surface area contributed by atoms with Crippen molar-refractivity contribution in [1.82, 2.24) is 14.7 Å². The van der Waals surface area contributed by atoms with Gasteiger partial charge < -0.3 is 5.11 Å². The van der Waals surface area contributed by atoms with Crippen LogP contribution >= 0.6 is 0 Å². The molecule has 7 heteroatoms. The van der Waals surface area contributed by atoms with Crippen molar-refractivity contribution < 1.29 is 13.5 Å². The van der Waals surface area contributed by atoms with E-state index in [1.165, 1.54) is 18.3 Å². The highest BCUT2D eigenvalue weighted by Gasteiger charge is 2.14. The molecule has 0 fully saturated rings. The molecular formula is C13H15N3O3S. The smallest absolute Gasteiger partial charge is 0.258 e. The van der Waals surface area contributed by atoms with Crippen molar-refractivity contribution in [3.63, 3.8) is 0 Å². The molecule has 0 atom stereocenters. The number of rotatable bonds is 6. The summed E-state index contributed by atoms with van der Waals surface area (Å²) in [4.78, 5) is 7.94. The molecule has 20 heavy (non-hydrogen) atoms. The number of aromatic nitrogens is 2. The Morgan fingerprint density at radius 3 is 2.60 bits per heavy atom. The van der Waals surface area contributed by atoms with Crippen molar-refractivity contribution in [3.05, 3.63) is 54.0 Å². The summed E-state index contributed by atoms with van der Waals surface area (Å²) in [5.74, 6) is 0. The molecule has 0 unspecified atom stereocenters. The molecule has 0 saturated carbocycles. The first kappa shape index (κ1) is 14.6. The van der Waals surface area contributed by atoms with Gasteiger partial charge >= 0.3 is 0 Å². The molecule has 0 aliphatic heterocycles. The van der Waals surface area contributed by atoms with Gasteiger partial charge in [0.25, 0.3) is 10.0 Å². The normalized spacial score (nSPS) is 11.4.